The molecule has 132 valence electrons. The molecule has 0 fully saturated rings. The molecule has 2 unspecified atom stereocenters. The summed E-state index contributed by atoms with van der Waals surface area (Å²) in [5, 5.41) is 0. The fraction of sp³-hybridized carbons (Fsp3) is 0.350. The summed E-state index contributed by atoms with van der Waals surface area (Å²) >= 11 is 0. The lowest BCUT2D eigenvalue weighted by Gasteiger charge is -2.33. The quantitative estimate of drug-likeness (QED) is 0.728. The Kier molecular flexibility index (Phi) is 3.72. The average Bonchev–Trinajstić information content (AvgIpc) is 2.64. The van der Waals surface area contributed by atoms with Gasteiger partial charge in [0.15, 0.2) is 11.7 Å². The van der Waals surface area contributed by atoms with Crippen molar-refractivity contribution in [1.29, 1.82) is 0 Å². The van der Waals surface area contributed by atoms with Crippen molar-refractivity contribution in [3.05, 3.63) is 46.5 Å². The third-order valence-electron chi connectivity index (χ3n) is 5.52. The van der Waals surface area contributed by atoms with Crippen LogP contribution in [-0.2, 0) is 9.59 Å². The maximum atomic E-state index is 12.8. The number of urea groups is 1. The molecule has 1 aromatic carbocycles. The Morgan fingerprint density at radius 2 is 1.81 bits per heavy atom. The highest BCUT2D eigenvalue weighted by Crippen LogP contribution is 2.40. The smallest absolute Gasteiger partial charge is 0.294 e. The number of rotatable bonds is 1. The van der Waals surface area contributed by atoms with E-state index in [4.69, 9.17) is 0 Å². The Morgan fingerprint density at radius 3 is 2.50 bits per heavy atom. The van der Waals surface area contributed by atoms with Crippen molar-refractivity contribution >= 4 is 29.8 Å². The van der Waals surface area contributed by atoms with Gasteiger partial charge in [0.05, 0.1) is 19.7 Å². The number of fused-ring (bicyclic) bond motifs is 2. The first-order valence-electron chi connectivity index (χ1n) is 8.67. The van der Waals surface area contributed by atoms with Crippen LogP contribution in [0.25, 0.3) is 0 Å². The number of Topliss-reactive ketones (excluding diaryl/α,β-unsaturated/α-hetero) is 1. The van der Waals surface area contributed by atoms with Crippen LogP contribution in [0.15, 0.2) is 40.4 Å². The third kappa shape index (κ3) is 2.36. The molecule has 0 bridgehead atoms. The van der Waals surface area contributed by atoms with E-state index >= 15 is 0 Å². The molecule has 0 radical (unpaired) electrons. The van der Waals surface area contributed by atoms with Gasteiger partial charge >= 0.3 is 11.9 Å². The Labute approximate surface area is 151 Å². The van der Waals surface area contributed by atoms with E-state index in [-0.39, 0.29) is 17.6 Å². The highest BCUT2D eigenvalue weighted by atomic mass is 16.2. The first-order valence-corrected chi connectivity index (χ1v) is 8.67. The molecule has 2 aliphatic heterocycles. The minimum Gasteiger partial charge on any atom is -0.294 e. The fourth-order valence-electron chi connectivity index (χ4n) is 3.97. The van der Waals surface area contributed by atoms with E-state index in [0.29, 0.717) is 24.3 Å². The van der Waals surface area contributed by atoms with E-state index in [9.17, 15) is 14.4 Å². The number of amidine groups is 1. The molecular formula is C20H20N3O3+. The van der Waals surface area contributed by atoms with Crippen LogP contribution in [0.2, 0.25) is 0 Å². The van der Waals surface area contributed by atoms with Gasteiger partial charge in [-0.05, 0) is 30.4 Å². The predicted octanol–water partition coefficient (Wildman–Crippen LogP) is 2.07. The summed E-state index contributed by atoms with van der Waals surface area (Å²) in [6, 6.07) is 7.76. The topological polar surface area (TPSA) is 69.8 Å². The number of nitrogens with zero attached hydrogens (tertiary/aromatic N) is 3. The zero-order valence-electron chi connectivity index (χ0n) is 15.0. The molecule has 4 rings (SSSR count). The van der Waals surface area contributed by atoms with Crippen molar-refractivity contribution in [2.24, 2.45) is 10.9 Å². The lowest BCUT2D eigenvalue weighted by atomic mass is 9.73. The summed E-state index contributed by atoms with van der Waals surface area (Å²) in [6.07, 6.45) is 2.55. The minimum atomic E-state index is -0.653. The molecule has 6 nitrogen and oxygen atoms in total. The predicted molar refractivity (Wildman–Crippen MR) is 96.5 cm³/mol. The van der Waals surface area contributed by atoms with Crippen molar-refractivity contribution in [3.8, 4) is 0 Å². The van der Waals surface area contributed by atoms with Crippen molar-refractivity contribution in [1.82, 2.24) is 4.90 Å². The van der Waals surface area contributed by atoms with E-state index < -0.39 is 11.9 Å². The first kappa shape index (κ1) is 16.6. The summed E-state index contributed by atoms with van der Waals surface area (Å²) in [7, 11) is 3.08. The summed E-state index contributed by atoms with van der Waals surface area (Å²) in [4.78, 5) is 43.1. The number of dihydropyridines is 1. The first-order chi connectivity index (χ1) is 12.4. The molecule has 0 N–H and O–H groups in total. The normalized spacial score (nSPS) is 25.7. The molecule has 2 atom stereocenters. The number of ketones is 1. The molecular weight excluding hydrogens is 330 g/mol. The largest absolute Gasteiger partial charge is 0.445 e. The van der Waals surface area contributed by atoms with Crippen molar-refractivity contribution in [3.63, 3.8) is 0 Å². The van der Waals surface area contributed by atoms with E-state index in [1.807, 2.05) is 31.2 Å². The minimum absolute atomic E-state index is 0.00892. The summed E-state index contributed by atoms with van der Waals surface area (Å²) in [5.74, 6) is -0.510. The van der Waals surface area contributed by atoms with Gasteiger partial charge in [0.1, 0.15) is 6.21 Å². The van der Waals surface area contributed by atoms with Gasteiger partial charge in [0.2, 0.25) is 0 Å². The second-order valence-corrected chi connectivity index (χ2v) is 7.17. The Bertz CT molecular complexity index is 938. The van der Waals surface area contributed by atoms with Gasteiger partial charge in [-0.2, -0.15) is 9.48 Å². The summed E-state index contributed by atoms with van der Waals surface area (Å²) in [6.45, 7) is 2.03. The van der Waals surface area contributed by atoms with Crippen LogP contribution >= 0.6 is 0 Å². The van der Waals surface area contributed by atoms with Crippen LogP contribution < -0.4 is 0 Å². The second kappa shape index (κ2) is 5.83. The van der Waals surface area contributed by atoms with E-state index in [1.54, 1.807) is 7.05 Å². The SMILES string of the molecule is Cc1ccc(C2CC(=O)C3=C(C2)C2C(=O)N(C)C(=O)[N+](C)=C2N=C3)cc1. The number of hydrogen-bond donors (Lipinski definition) is 0. The summed E-state index contributed by atoms with van der Waals surface area (Å²) in [5.41, 5.74) is 3.58. The van der Waals surface area contributed by atoms with Crippen molar-refractivity contribution in [2.75, 3.05) is 14.1 Å². The Hall–Kier alpha value is -2.89. The number of imide groups is 1. The average molecular weight is 350 g/mol. The zero-order chi connectivity index (χ0) is 18.6. The number of aryl methyl sites for hydroxylation is 1. The van der Waals surface area contributed by atoms with Crippen molar-refractivity contribution < 1.29 is 19.0 Å². The van der Waals surface area contributed by atoms with Crippen molar-refractivity contribution in [2.45, 2.75) is 25.7 Å². The molecule has 3 aliphatic rings. The van der Waals surface area contributed by atoms with Crippen LogP contribution in [0.5, 0.6) is 0 Å². The monoisotopic (exact) mass is 350 g/mol. The number of allylic oxidation sites excluding steroid dienone is 1. The maximum Gasteiger partial charge on any atom is 0.445 e. The van der Waals surface area contributed by atoms with Crippen LogP contribution in [0, 0.1) is 12.8 Å². The number of carbonyl (C=O) groups is 3. The molecule has 26 heavy (non-hydrogen) atoms. The molecule has 3 amide bonds. The van der Waals surface area contributed by atoms with Gasteiger partial charge < -0.3 is 0 Å². The van der Waals surface area contributed by atoms with E-state index in [0.717, 1.165) is 16.0 Å². The molecule has 0 aromatic heterocycles. The molecule has 0 saturated carbocycles. The molecule has 2 heterocycles. The maximum absolute atomic E-state index is 12.8. The highest BCUT2D eigenvalue weighted by Gasteiger charge is 2.50. The van der Waals surface area contributed by atoms with Gasteiger partial charge in [0, 0.05) is 6.42 Å². The van der Waals surface area contributed by atoms with Gasteiger partial charge in [0.25, 0.3) is 5.84 Å². The fourth-order valence-corrected chi connectivity index (χ4v) is 3.97. The Balaban J connectivity index is 1.78. The highest BCUT2D eigenvalue weighted by molar-refractivity contribution is 6.24. The molecule has 1 aliphatic carbocycles. The van der Waals surface area contributed by atoms with Crippen LogP contribution in [0.1, 0.15) is 29.9 Å². The zero-order valence-corrected chi connectivity index (χ0v) is 15.0. The van der Waals surface area contributed by atoms with Gasteiger partial charge in [-0.1, -0.05) is 29.8 Å². The van der Waals surface area contributed by atoms with E-state index in [2.05, 4.69) is 4.99 Å². The van der Waals surface area contributed by atoms with Crippen LogP contribution in [0.4, 0.5) is 4.79 Å². The lowest BCUT2D eigenvalue weighted by Crippen LogP contribution is -2.53. The second-order valence-electron chi connectivity index (χ2n) is 7.17. The van der Waals surface area contributed by atoms with Crippen LogP contribution in [0.3, 0.4) is 0 Å². The molecule has 0 spiro atoms. The number of aliphatic imine (C=N–C) groups is 1. The number of amides is 3. The summed E-state index contributed by atoms with van der Waals surface area (Å²) < 4.78 is 1.40. The van der Waals surface area contributed by atoms with Crippen LogP contribution in [-0.4, -0.2) is 53.3 Å². The number of benzene rings is 1. The third-order valence-corrected chi connectivity index (χ3v) is 5.52. The molecule has 0 saturated heterocycles. The number of hydrogen-bond acceptors (Lipinski definition) is 4. The van der Waals surface area contributed by atoms with Gasteiger partial charge in [-0.3, -0.25) is 9.59 Å². The van der Waals surface area contributed by atoms with Gasteiger partial charge in [-0.15, -0.1) is 4.99 Å². The standard InChI is InChI=1S/C20H20N3O3/c1-11-4-6-12(7-5-11)13-8-14-15(16(24)9-13)10-21-18-17(14)19(25)23(3)20(26)22(18)2/h4-7,10,13,17H,8-9H2,1-3H3/q+1. The van der Waals surface area contributed by atoms with E-state index in [1.165, 1.54) is 23.4 Å². The number of carbonyl (C=O) groups excluding carboxylic acids is 3. The molecule has 1 aromatic rings. The lowest BCUT2D eigenvalue weighted by molar-refractivity contribution is -0.407. The Morgan fingerprint density at radius 1 is 1.12 bits per heavy atom. The molecule has 6 heteroatoms. The van der Waals surface area contributed by atoms with Gasteiger partial charge in [-0.25, -0.2) is 4.79 Å².